The lowest BCUT2D eigenvalue weighted by atomic mass is 10.1. The molecule has 5 heteroatoms. The maximum Gasteiger partial charge on any atom is 0.403 e. The molecule has 0 aliphatic rings. The number of hydrogen-bond acceptors (Lipinski definition) is 4. The van der Waals surface area contributed by atoms with Crippen LogP contribution < -0.4 is 0 Å². The van der Waals surface area contributed by atoms with Crippen LogP contribution in [0.1, 0.15) is 44.9 Å². The summed E-state index contributed by atoms with van der Waals surface area (Å²) in [6, 6.07) is 0. The van der Waals surface area contributed by atoms with E-state index in [9.17, 15) is 4.79 Å². The predicted octanol–water partition coefficient (Wildman–Crippen LogP) is 3.76. The first-order valence-electron chi connectivity index (χ1n) is 6.66. The first-order valence-corrected chi connectivity index (χ1v) is 7.04. The van der Waals surface area contributed by atoms with Gasteiger partial charge >= 0.3 is 5.43 Å². The van der Waals surface area contributed by atoms with Gasteiger partial charge in [-0.3, -0.25) is 0 Å². The molecule has 0 aromatic rings. The number of hydrogen-bond donors (Lipinski definition) is 0. The lowest BCUT2D eigenvalue weighted by Gasteiger charge is -2.04. The van der Waals surface area contributed by atoms with Crippen molar-refractivity contribution in [3.63, 3.8) is 0 Å². The van der Waals surface area contributed by atoms with Gasteiger partial charge in [-0.1, -0.05) is 32.1 Å². The number of carbonyl (C=O) groups excluding carboxylic acids is 1. The van der Waals surface area contributed by atoms with E-state index in [1.165, 1.54) is 25.7 Å². The highest BCUT2D eigenvalue weighted by Crippen LogP contribution is 2.07. The van der Waals surface area contributed by atoms with Crippen LogP contribution in [-0.2, 0) is 14.2 Å². The molecule has 0 aromatic carbocycles. The van der Waals surface area contributed by atoms with Gasteiger partial charge in [0.2, 0.25) is 0 Å². The third-order valence-corrected chi connectivity index (χ3v) is 2.69. The zero-order valence-corrected chi connectivity index (χ0v) is 12.0. The number of methoxy groups -OCH3 is 1. The van der Waals surface area contributed by atoms with Crippen LogP contribution in [0.5, 0.6) is 0 Å². The summed E-state index contributed by atoms with van der Waals surface area (Å²) >= 11 is 5.04. The van der Waals surface area contributed by atoms with Crippen molar-refractivity contribution in [3.05, 3.63) is 0 Å². The van der Waals surface area contributed by atoms with Crippen molar-refractivity contribution >= 4 is 17.0 Å². The molecule has 0 saturated carbocycles. The van der Waals surface area contributed by atoms with Crippen molar-refractivity contribution < 1.29 is 19.0 Å². The Bertz CT molecular complexity index is 188. The minimum absolute atomic E-state index is 0.440. The Morgan fingerprint density at radius 1 is 0.833 bits per heavy atom. The molecule has 0 amide bonds. The van der Waals surface area contributed by atoms with Crippen molar-refractivity contribution in [2.75, 3.05) is 33.5 Å². The second kappa shape index (κ2) is 14.7. The minimum Gasteiger partial charge on any atom is -0.454 e. The fourth-order valence-electron chi connectivity index (χ4n) is 1.59. The summed E-state index contributed by atoms with van der Waals surface area (Å²) in [5, 5.41) is 0. The molecule has 0 spiro atoms. The van der Waals surface area contributed by atoms with E-state index in [2.05, 4.69) is 4.74 Å². The van der Waals surface area contributed by atoms with Crippen LogP contribution in [0.25, 0.3) is 0 Å². The molecule has 0 bridgehead atoms. The summed E-state index contributed by atoms with van der Waals surface area (Å²) in [5.74, 6) is 0. The van der Waals surface area contributed by atoms with Crippen LogP contribution in [0.3, 0.4) is 0 Å². The zero-order chi connectivity index (χ0) is 13.5. The average molecular weight is 281 g/mol. The summed E-state index contributed by atoms with van der Waals surface area (Å²) in [4.78, 5) is 10.3. The van der Waals surface area contributed by atoms with Gasteiger partial charge in [0.15, 0.2) is 0 Å². The summed E-state index contributed by atoms with van der Waals surface area (Å²) in [6.45, 7) is 2.63. The predicted molar refractivity (Wildman–Crippen MR) is 72.2 cm³/mol. The van der Waals surface area contributed by atoms with Gasteiger partial charge < -0.3 is 14.2 Å². The van der Waals surface area contributed by atoms with Crippen LogP contribution in [0, 0.1) is 0 Å². The fraction of sp³-hybridized carbons (Fsp3) is 0.923. The molecular weight excluding hydrogens is 256 g/mol. The van der Waals surface area contributed by atoms with Crippen molar-refractivity contribution in [1.29, 1.82) is 0 Å². The van der Waals surface area contributed by atoms with Crippen molar-refractivity contribution in [3.8, 4) is 0 Å². The number of rotatable bonds is 13. The van der Waals surface area contributed by atoms with Crippen molar-refractivity contribution in [2.45, 2.75) is 44.9 Å². The molecule has 4 nitrogen and oxygen atoms in total. The smallest absolute Gasteiger partial charge is 0.403 e. The largest absolute Gasteiger partial charge is 0.454 e. The number of carbonyl (C=O) groups is 1. The zero-order valence-electron chi connectivity index (χ0n) is 11.3. The fourth-order valence-corrected chi connectivity index (χ4v) is 1.66. The van der Waals surface area contributed by atoms with Gasteiger partial charge in [-0.05, 0) is 12.8 Å². The van der Waals surface area contributed by atoms with E-state index in [0.717, 1.165) is 25.9 Å². The molecule has 108 valence electrons. The van der Waals surface area contributed by atoms with E-state index in [0.29, 0.717) is 19.8 Å². The minimum atomic E-state index is -0.705. The van der Waals surface area contributed by atoms with Gasteiger partial charge in [0.1, 0.15) is 0 Å². The standard InChI is InChI=1S/C13H25ClO4/c1-16-11-12-17-9-7-5-3-2-4-6-8-10-18-13(14)15/h2-12H2,1H3. The monoisotopic (exact) mass is 280 g/mol. The first-order chi connectivity index (χ1) is 8.77. The third-order valence-electron chi connectivity index (χ3n) is 2.58. The van der Waals surface area contributed by atoms with Gasteiger partial charge in [-0.25, -0.2) is 4.79 Å². The quantitative estimate of drug-likeness (QED) is 0.381. The molecular formula is C13H25ClO4. The summed E-state index contributed by atoms with van der Waals surface area (Å²) < 4.78 is 14.9. The highest BCUT2D eigenvalue weighted by Gasteiger charge is 1.96. The number of halogens is 1. The molecule has 0 aliphatic carbocycles. The maximum atomic E-state index is 10.3. The normalized spacial score (nSPS) is 10.6. The van der Waals surface area contributed by atoms with Crippen LogP contribution in [-0.4, -0.2) is 39.0 Å². The lowest BCUT2D eigenvalue weighted by Crippen LogP contribution is -2.02. The Morgan fingerprint density at radius 2 is 1.39 bits per heavy atom. The SMILES string of the molecule is COCCOCCCCCCCCCOC(=O)Cl. The van der Waals surface area contributed by atoms with Crippen LogP contribution in [0.4, 0.5) is 4.79 Å². The van der Waals surface area contributed by atoms with E-state index in [4.69, 9.17) is 21.1 Å². The number of ether oxygens (including phenoxy) is 3. The van der Waals surface area contributed by atoms with Crippen molar-refractivity contribution in [1.82, 2.24) is 0 Å². The highest BCUT2D eigenvalue weighted by atomic mass is 35.5. The summed E-state index contributed by atoms with van der Waals surface area (Å²) in [7, 11) is 1.68. The van der Waals surface area contributed by atoms with E-state index < -0.39 is 5.43 Å². The van der Waals surface area contributed by atoms with E-state index >= 15 is 0 Å². The molecule has 0 N–H and O–H groups in total. The molecule has 18 heavy (non-hydrogen) atoms. The molecule has 0 unspecified atom stereocenters. The lowest BCUT2D eigenvalue weighted by molar-refractivity contribution is 0.0685. The van der Waals surface area contributed by atoms with Gasteiger partial charge in [0, 0.05) is 25.3 Å². The first kappa shape index (κ1) is 17.7. The highest BCUT2D eigenvalue weighted by molar-refractivity contribution is 6.61. The van der Waals surface area contributed by atoms with Gasteiger partial charge in [-0.2, -0.15) is 0 Å². The van der Waals surface area contributed by atoms with Crippen LogP contribution in [0.2, 0.25) is 0 Å². The second-order valence-electron chi connectivity index (χ2n) is 4.17. The Morgan fingerprint density at radius 3 is 1.94 bits per heavy atom. The Balaban J connectivity index is 2.92. The Labute approximate surface area is 115 Å². The Kier molecular flexibility index (Phi) is 14.5. The van der Waals surface area contributed by atoms with E-state index in [1.54, 1.807) is 7.11 Å². The number of unbranched alkanes of at least 4 members (excludes halogenated alkanes) is 6. The van der Waals surface area contributed by atoms with E-state index in [-0.39, 0.29) is 0 Å². The molecule has 0 rings (SSSR count). The molecule has 0 heterocycles. The molecule has 0 aliphatic heterocycles. The summed E-state index contributed by atoms with van der Waals surface area (Å²) in [6.07, 6.45) is 7.98. The molecule has 0 atom stereocenters. The van der Waals surface area contributed by atoms with E-state index in [1.807, 2.05) is 0 Å². The van der Waals surface area contributed by atoms with Crippen molar-refractivity contribution in [2.24, 2.45) is 0 Å². The van der Waals surface area contributed by atoms with Gasteiger partial charge in [-0.15, -0.1) is 0 Å². The molecule has 0 saturated heterocycles. The van der Waals surface area contributed by atoms with Gasteiger partial charge in [0.05, 0.1) is 19.8 Å². The summed E-state index contributed by atoms with van der Waals surface area (Å²) in [5.41, 5.74) is -0.705. The maximum absolute atomic E-state index is 10.3. The molecule has 0 radical (unpaired) electrons. The third kappa shape index (κ3) is 15.7. The Hall–Kier alpha value is -0.320. The average Bonchev–Trinajstić information content (AvgIpc) is 2.34. The topological polar surface area (TPSA) is 44.8 Å². The van der Waals surface area contributed by atoms with Gasteiger partial charge in [0.25, 0.3) is 0 Å². The molecule has 0 aromatic heterocycles. The second-order valence-corrected chi connectivity index (χ2v) is 4.47. The molecule has 0 fully saturated rings. The van der Waals surface area contributed by atoms with Crippen LogP contribution in [0.15, 0.2) is 0 Å². The van der Waals surface area contributed by atoms with Crippen LogP contribution >= 0.6 is 11.6 Å².